The van der Waals surface area contributed by atoms with E-state index in [4.69, 9.17) is 4.74 Å². The van der Waals surface area contributed by atoms with E-state index in [0.717, 1.165) is 38.2 Å². The Hall–Kier alpha value is -0.370. The third-order valence-electron chi connectivity index (χ3n) is 4.39. The lowest BCUT2D eigenvalue weighted by Gasteiger charge is -2.30. The first-order valence-corrected chi connectivity index (χ1v) is 6.92. The van der Waals surface area contributed by atoms with Crippen LogP contribution in [0.15, 0.2) is 0 Å². The number of Topliss-reactive ketones (excluding diaryl/α,β-unsaturated/α-hetero) is 1. The van der Waals surface area contributed by atoms with Gasteiger partial charge in [0.1, 0.15) is 5.78 Å². The van der Waals surface area contributed by atoms with Crippen LogP contribution in [0.25, 0.3) is 0 Å². The predicted octanol–water partition coefficient (Wildman–Crippen LogP) is 3.20. The van der Waals surface area contributed by atoms with Crippen LogP contribution in [0.1, 0.15) is 51.9 Å². The van der Waals surface area contributed by atoms with Crippen LogP contribution in [-0.2, 0) is 9.53 Å². The third-order valence-corrected chi connectivity index (χ3v) is 4.39. The van der Waals surface area contributed by atoms with E-state index in [9.17, 15) is 4.79 Å². The molecule has 0 amide bonds. The molecule has 1 saturated heterocycles. The van der Waals surface area contributed by atoms with Crippen molar-refractivity contribution in [3.63, 3.8) is 0 Å². The van der Waals surface area contributed by atoms with Crippen molar-refractivity contribution in [3.05, 3.63) is 0 Å². The molecule has 1 saturated carbocycles. The van der Waals surface area contributed by atoms with Gasteiger partial charge in [-0.1, -0.05) is 13.3 Å². The second-order valence-corrected chi connectivity index (χ2v) is 5.44. The maximum atomic E-state index is 12.3. The Balaban J connectivity index is 1.81. The highest BCUT2D eigenvalue weighted by atomic mass is 16.5. The molecule has 2 nitrogen and oxygen atoms in total. The quantitative estimate of drug-likeness (QED) is 0.736. The second-order valence-electron chi connectivity index (χ2n) is 5.44. The van der Waals surface area contributed by atoms with Crippen LogP contribution in [0.5, 0.6) is 0 Å². The summed E-state index contributed by atoms with van der Waals surface area (Å²) < 4.78 is 5.42. The van der Waals surface area contributed by atoms with Gasteiger partial charge in [0, 0.05) is 18.4 Å². The number of carbonyl (C=O) groups is 1. The van der Waals surface area contributed by atoms with Crippen molar-refractivity contribution in [2.75, 3.05) is 13.2 Å². The molecule has 2 rings (SSSR count). The summed E-state index contributed by atoms with van der Waals surface area (Å²) in [6.45, 7) is 3.81. The van der Waals surface area contributed by atoms with Crippen molar-refractivity contribution in [1.29, 1.82) is 0 Å². The lowest BCUT2D eigenvalue weighted by molar-refractivity contribution is -0.132. The van der Waals surface area contributed by atoms with Crippen LogP contribution >= 0.6 is 0 Å². The molecule has 1 atom stereocenters. The van der Waals surface area contributed by atoms with Crippen molar-refractivity contribution in [2.45, 2.75) is 51.9 Å². The van der Waals surface area contributed by atoms with Gasteiger partial charge >= 0.3 is 0 Å². The zero-order chi connectivity index (χ0) is 11.4. The molecule has 0 N–H and O–H groups in total. The summed E-state index contributed by atoms with van der Waals surface area (Å²) in [5, 5.41) is 0. The lowest BCUT2D eigenvalue weighted by Crippen LogP contribution is -2.32. The minimum atomic E-state index is 0.219. The van der Waals surface area contributed by atoms with Crippen molar-refractivity contribution in [2.24, 2.45) is 17.8 Å². The van der Waals surface area contributed by atoms with Gasteiger partial charge in [-0.2, -0.15) is 0 Å². The predicted molar refractivity (Wildman–Crippen MR) is 64.3 cm³/mol. The highest BCUT2D eigenvalue weighted by molar-refractivity contribution is 5.83. The maximum absolute atomic E-state index is 12.3. The van der Waals surface area contributed by atoms with Gasteiger partial charge in [0.15, 0.2) is 0 Å². The van der Waals surface area contributed by atoms with Crippen LogP contribution in [0.3, 0.4) is 0 Å². The van der Waals surface area contributed by atoms with E-state index in [2.05, 4.69) is 6.92 Å². The van der Waals surface area contributed by atoms with Gasteiger partial charge in [0.05, 0.1) is 6.61 Å². The Labute approximate surface area is 98.7 Å². The number of hydrogen-bond acceptors (Lipinski definition) is 2. The Morgan fingerprint density at radius 2 is 1.88 bits per heavy atom. The van der Waals surface area contributed by atoms with E-state index < -0.39 is 0 Å². The van der Waals surface area contributed by atoms with Gasteiger partial charge in [-0.3, -0.25) is 4.79 Å². The van der Waals surface area contributed by atoms with Crippen LogP contribution in [0.2, 0.25) is 0 Å². The Bertz CT molecular complexity index is 223. The van der Waals surface area contributed by atoms with Gasteiger partial charge in [-0.15, -0.1) is 0 Å². The largest absolute Gasteiger partial charge is 0.381 e. The molecular formula is C14H24O2. The summed E-state index contributed by atoms with van der Waals surface area (Å²) in [5.74, 6) is 1.97. The molecule has 1 heterocycles. The third kappa shape index (κ3) is 2.85. The van der Waals surface area contributed by atoms with Gasteiger partial charge in [0.25, 0.3) is 0 Å². The maximum Gasteiger partial charge on any atom is 0.141 e. The fraction of sp³-hybridized carbons (Fsp3) is 0.929. The Kier molecular flexibility index (Phi) is 4.39. The van der Waals surface area contributed by atoms with E-state index in [1.54, 1.807) is 0 Å². The lowest BCUT2D eigenvalue weighted by atomic mass is 9.76. The molecule has 16 heavy (non-hydrogen) atoms. The molecule has 0 bridgehead atoms. The summed E-state index contributed by atoms with van der Waals surface area (Å²) in [6.07, 6.45) is 8.21. The number of hydrogen-bond donors (Lipinski definition) is 0. The summed E-state index contributed by atoms with van der Waals surface area (Å²) in [5.41, 5.74) is 0. The van der Waals surface area contributed by atoms with Crippen LogP contribution < -0.4 is 0 Å². The smallest absolute Gasteiger partial charge is 0.141 e. The zero-order valence-corrected chi connectivity index (χ0v) is 10.4. The molecule has 0 radical (unpaired) electrons. The zero-order valence-electron chi connectivity index (χ0n) is 10.4. The topological polar surface area (TPSA) is 26.3 Å². The van der Waals surface area contributed by atoms with Gasteiger partial charge in [-0.05, 0) is 44.4 Å². The summed E-state index contributed by atoms with van der Waals surface area (Å²) in [4.78, 5) is 12.3. The first kappa shape index (κ1) is 12.1. The van der Waals surface area contributed by atoms with Crippen molar-refractivity contribution >= 4 is 5.78 Å². The van der Waals surface area contributed by atoms with Crippen molar-refractivity contribution in [1.82, 2.24) is 0 Å². The molecule has 1 unspecified atom stereocenters. The minimum absolute atomic E-state index is 0.219. The van der Waals surface area contributed by atoms with Crippen molar-refractivity contribution < 1.29 is 9.53 Å². The van der Waals surface area contributed by atoms with Gasteiger partial charge < -0.3 is 4.74 Å². The van der Waals surface area contributed by atoms with E-state index in [-0.39, 0.29) is 5.92 Å². The molecule has 1 aliphatic heterocycles. The number of rotatable bonds is 3. The molecule has 0 aromatic rings. The molecule has 0 aromatic heterocycles. The molecular weight excluding hydrogens is 200 g/mol. The number of ketones is 1. The molecule has 2 heteroatoms. The normalized spacial score (nSPS) is 35.9. The summed E-state index contributed by atoms with van der Waals surface area (Å²) >= 11 is 0. The van der Waals surface area contributed by atoms with E-state index in [1.165, 1.54) is 19.3 Å². The first-order valence-electron chi connectivity index (χ1n) is 6.92. The highest BCUT2D eigenvalue weighted by Crippen LogP contribution is 2.33. The monoisotopic (exact) mass is 224 g/mol. The fourth-order valence-electron chi connectivity index (χ4n) is 3.15. The number of ether oxygens (including phenoxy) is 1. The minimum Gasteiger partial charge on any atom is -0.381 e. The molecule has 0 spiro atoms. The van der Waals surface area contributed by atoms with Crippen LogP contribution in [-0.4, -0.2) is 19.0 Å². The summed E-state index contributed by atoms with van der Waals surface area (Å²) in [7, 11) is 0. The number of carbonyl (C=O) groups excluding carboxylic acids is 1. The van der Waals surface area contributed by atoms with Crippen molar-refractivity contribution in [3.8, 4) is 0 Å². The van der Waals surface area contributed by atoms with Gasteiger partial charge in [-0.25, -0.2) is 0 Å². The highest BCUT2D eigenvalue weighted by Gasteiger charge is 2.31. The van der Waals surface area contributed by atoms with Crippen LogP contribution in [0, 0.1) is 17.8 Å². The van der Waals surface area contributed by atoms with Crippen LogP contribution in [0.4, 0.5) is 0 Å². The standard InChI is InChI=1S/C14H24O2/c1-2-11-5-7-12(8-6-11)14(15)13-4-3-9-16-10-13/h11-13H,2-10H2,1H3. The van der Waals surface area contributed by atoms with E-state index >= 15 is 0 Å². The molecule has 92 valence electrons. The SMILES string of the molecule is CCC1CCC(C(=O)C2CCCOC2)CC1. The average Bonchev–Trinajstić information content (AvgIpc) is 2.39. The summed E-state index contributed by atoms with van der Waals surface area (Å²) in [6, 6.07) is 0. The first-order chi connectivity index (χ1) is 7.81. The Morgan fingerprint density at radius 3 is 2.44 bits per heavy atom. The van der Waals surface area contributed by atoms with E-state index in [0.29, 0.717) is 18.3 Å². The Morgan fingerprint density at radius 1 is 1.12 bits per heavy atom. The van der Waals surface area contributed by atoms with Gasteiger partial charge in [0.2, 0.25) is 0 Å². The second kappa shape index (κ2) is 5.81. The fourth-order valence-corrected chi connectivity index (χ4v) is 3.15. The molecule has 2 fully saturated rings. The molecule has 1 aliphatic carbocycles. The molecule has 0 aromatic carbocycles. The van der Waals surface area contributed by atoms with E-state index in [1.807, 2.05) is 0 Å². The average molecular weight is 224 g/mol. The molecule has 2 aliphatic rings.